The Hall–Kier alpha value is -2.82. The molecule has 2 N–H and O–H groups in total. The van der Waals surface area contributed by atoms with E-state index in [4.69, 9.17) is 4.74 Å². The minimum atomic E-state index is -5.01. The number of aliphatic hydroxyl groups is 1. The van der Waals surface area contributed by atoms with Gasteiger partial charge in [-0.1, -0.05) is 12.2 Å². The summed E-state index contributed by atoms with van der Waals surface area (Å²) in [7, 11) is 0. The molecule has 1 aliphatic heterocycles. The van der Waals surface area contributed by atoms with Crippen molar-refractivity contribution in [2.45, 2.75) is 69.9 Å². The van der Waals surface area contributed by atoms with Crippen molar-refractivity contribution in [1.29, 1.82) is 0 Å². The zero-order valence-corrected chi connectivity index (χ0v) is 19.9. The number of rotatable bonds is 5. The van der Waals surface area contributed by atoms with Gasteiger partial charge in [-0.25, -0.2) is 4.39 Å². The van der Waals surface area contributed by atoms with Crippen LogP contribution < -0.4 is 5.32 Å². The van der Waals surface area contributed by atoms with Crippen LogP contribution in [0.4, 0.5) is 30.7 Å². The van der Waals surface area contributed by atoms with Crippen molar-refractivity contribution in [3.63, 3.8) is 0 Å². The maximum absolute atomic E-state index is 14.3. The molecule has 4 nitrogen and oxygen atoms in total. The number of hydrogen-bond acceptors (Lipinski definition) is 3. The van der Waals surface area contributed by atoms with Crippen molar-refractivity contribution < 1.29 is 45.4 Å². The Labute approximate surface area is 203 Å². The number of hydrogen-bond donors (Lipinski definition) is 2. The van der Waals surface area contributed by atoms with Crippen molar-refractivity contribution in [1.82, 2.24) is 5.32 Å². The summed E-state index contributed by atoms with van der Waals surface area (Å²) in [5.74, 6) is -0.511. The average molecular weight is 521 g/mol. The van der Waals surface area contributed by atoms with Gasteiger partial charge in [-0.05, 0) is 69.2 Å². The molecule has 1 saturated heterocycles. The minimum absolute atomic E-state index is 0.0219. The van der Waals surface area contributed by atoms with E-state index in [2.05, 4.69) is 5.32 Å². The molecule has 2 aliphatic rings. The van der Waals surface area contributed by atoms with Crippen LogP contribution >= 0.6 is 0 Å². The van der Waals surface area contributed by atoms with Gasteiger partial charge in [0.25, 0.3) is 0 Å². The fourth-order valence-corrected chi connectivity index (χ4v) is 4.14. The molecule has 1 aliphatic carbocycles. The van der Waals surface area contributed by atoms with Gasteiger partial charge in [0.05, 0.1) is 28.9 Å². The van der Waals surface area contributed by atoms with Crippen LogP contribution in [0.3, 0.4) is 0 Å². The van der Waals surface area contributed by atoms with Crippen LogP contribution in [0.25, 0.3) is 0 Å². The van der Waals surface area contributed by atoms with Gasteiger partial charge in [0, 0.05) is 6.42 Å². The fraction of sp³-hybridized carbons (Fsp3) is 0.480. The SMILES string of the molecule is C[C@@H](O/C=C/[C@]1(C2=CCC(C)(F)C=C2)NC(=O)C(C)(C)[C@H]1O)c1cc(C(F)(F)F)cc(C(F)(F)F)c1. The van der Waals surface area contributed by atoms with Crippen LogP contribution in [0, 0.1) is 5.41 Å². The van der Waals surface area contributed by atoms with E-state index in [1.54, 1.807) is 0 Å². The van der Waals surface area contributed by atoms with Gasteiger partial charge < -0.3 is 15.2 Å². The lowest BCUT2D eigenvalue weighted by molar-refractivity contribution is -0.143. The van der Waals surface area contributed by atoms with E-state index in [0.29, 0.717) is 17.7 Å². The van der Waals surface area contributed by atoms with E-state index >= 15 is 0 Å². The highest BCUT2D eigenvalue weighted by molar-refractivity contribution is 5.88. The number of allylic oxidation sites excluding steroid dienone is 2. The predicted octanol–water partition coefficient (Wildman–Crippen LogP) is 6.19. The molecule has 198 valence electrons. The summed E-state index contributed by atoms with van der Waals surface area (Å²) in [6.45, 7) is 5.61. The molecule has 0 radical (unpaired) electrons. The summed E-state index contributed by atoms with van der Waals surface area (Å²) in [5.41, 5.74) is -7.43. The highest BCUT2D eigenvalue weighted by Crippen LogP contribution is 2.44. The summed E-state index contributed by atoms with van der Waals surface area (Å²) >= 11 is 0. The van der Waals surface area contributed by atoms with E-state index in [0.717, 1.165) is 6.26 Å². The molecule has 11 heteroatoms. The molecule has 3 rings (SSSR count). The maximum Gasteiger partial charge on any atom is 0.416 e. The topological polar surface area (TPSA) is 58.6 Å². The van der Waals surface area contributed by atoms with Gasteiger partial charge in [0.15, 0.2) is 0 Å². The molecule has 1 aromatic carbocycles. The van der Waals surface area contributed by atoms with Gasteiger partial charge in [0.1, 0.15) is 17.3 Å². The van der Waals surface area contributed by atoms with Gasteiger partial charge in [0.2, 0.25) is 5.91 Å². The molecule has 1 unspecified atom stereocenters. The summed E-state index contributed by atoms with van der Waals surface area (Å²) in [6.07, 6.45) is -6.23. The number of halogens is 7. The number of amides is 1. The molecule has 0 aromatic heterocycles. The smallest absolute Gasteiger partial charge is 0.416 e. The number of benzene rings is 1. The number of nitrogens with one attached hydrogen (secondary N) is 1. The van der Waals surface area contributed by atoms with Crippen molar-refractivity contribution in [3.05, 3.63) is 71.0 Å². The predicted molar refractivity (Wildman–Crippen MR) is 117 cm³/mol. The molecule has 36 heavy (non-hydrogen) atoms. The molecule has 0 saturated carbocycles. The number of carbonyl (C=O) groups excluding carboxylic acids is 1. The Balaban J connectivity index is 1.95. The first-order valence-electron chi connectivity index (χ1n) is 11.0. The monoisotopic (exact) mass is 521 g/mol. The molecule has 1 amide bonds. The maximum atomic E-state index is 14.3. The van der Waals surface area contributed by atoms with Crippen molar-refractivity contribution >= 4 is 5.91 Å². The van der Waals surface area contributed by atoms with Crippen molar-refractivity contribution in [2.75, 3.05) is 0 Å². The summed E-state index contributed by atoms with van der Waals surface area (Å²) < 4.78 is 98.8. The van der Waals surface area contributed by atoms with E-state index in [9.17, 15) is 40.6 Å². The third-order valence-electron chi connectivity index (χ3n) is 6.52. The molecule has 0 spiro atoms. The Kier molecular flexibility index (Phi) is 6.89. The number of carbonyl (C=O) groups is 1. The first-order chi connectivity index (χ1) is 16.3. The average Bonchev–Trinajstić information content (AvgIpc) is 2.92. The van der Waals surface area contributed by atoms with Gasteiger partial charge in [-0.2, -0.15) is 26.3 Å². The van der Waals surface area contributed by atoms with Crippen LogP contribution in [0.1, 0.15) is 56.9 Å². The zero-order chi connectivity index (χ0) is 27.3. The molecule has 1 heterocycles. The summed E-state index contributed by atoms with van der Waals surface area (Å²) in [4.78, 5) is 12.6. The first-order valence-corrected chi connectivity index (χ1v) is 11.0. The second kappa shape index (κ2) is 8.93. The van der Waals surface area contributed by atoms with E-state index < -0.39 is 58.2 Å². The first kappa shape index (κ1) is 27.8. The minimum Gasteiger partial charge on any atom is -0.494 e. The molecule has 4 atom stereocenters. The Morgan fingerprint density at radius 2 is 1.64 bits per heavy atom. The van der Waals surface area contributed by atoms with Crippen molar-refractivity contribution in [3.8, 4) is 0 Å². The summed E-state index contributed by atoms with van der Waals surface area (Å²) in [6, 6.07) is 1.15. The second-order valence-electron chi connectivity index (χ2n) is 9.84. The molecular weight excluding hydrogens is 495 g/mol. The van der Waals surface area contributed by atoms with Gasteiger partial charge in [-0.3, -0.25) is 4.79 Å². The standard InChI is InChI=1S/C25H26F7NO3/c1-14(15-11-17(24(27,28)29)13-18(12-15)25(30,31)32)36-10-9-23(16-5-7-22(4,26)8-6-16)19(34)21(2,3)20(35)33-23/h5-7,9-14,19,34H,8H2,1-4H3,(H,33,35)/b10-9+/t14-,19-,22?,23-/m1/s1. The van der Waals surface area contributed by atoms with Crippen LogP contribution in [0.2, 0.25) is 0 Å². The van der Waals surface area contributed by atoms with Crippen molar-refractivity contribution in [2.24, 2.45) is 5.41 Å². The third-order valence-corrected chi connectivity index (χ3v) is 6.52. The van der Waals surface area contributed by atoms with Crippen LogP contribution in [-0.4, -0.2) is 28.3 Å². The lowest BCUT2D eigenvalue weighted by atomic mass is 9.74. The van der Waals surface area contributed by atoms with Crippen LogP contribution in [-0.2, 0) is 21.9 Å². The Morgan fingerprint density at radius 3 is 2.06 bits per heavy atom. The largest absolute Gasteiger partial charge is 0.494 e. The third kappa shape index (κ3) is 5.30. The highest BCUT2D eigenvalue weighted by Gasteiger charge is 2.58. The van der Waals surface area contributed by atoms with E-state index in [1.165, 1.54) is 52.0 Å². The number of aliphatic hydroxyl groups excluding tert-OH is 1. The Bertz CT molecular complexity index is 1080. The number of ether oxygens (including phenoxy) is 1. The molecule has 0 bridgehead atoms. The Morgan fingerprint density at radius 1 is 1.08 bits per heavy atom. The van der Waals surface area contributed by atoms with Gasteiger partial charge >= 0.3 is 12.4 Å². The van der Waals surface area contributed by atoms with Crippen LogP contribution in [0.15, 0.2) is 54.3 Å². The summed E-state index contributed by atoms with van der Waals surface area (Å²) in [5, 5.41) is 13.7. The van der Waals surface area contributed by atoms with Crippen LogP contribution in [0.5, 0.6) is 0 Å². The van der Waals surface area contributed by atoms with Gasteiger partial charge in [-0.15, -0.1) is 0 Å². The highest BCUT2D eigenvalue weighted by atomic mass is 19.4. The quantitative estimate of drug-likeness (QED) is 0.359. The second-order valence-corrected chi connectivity index (χ2v) is 9.84. The van der Waals surface area contributed by atoms with E-state index in [1.807, 2.05) is 0 Å². The lowest BCUT2D eigenvalue weighted by Gasteiger charge is -2.35. The molecular formula is C25H26F7NO3. The fourth-order valence-electron chi connectivity index (χ4n) is 4.14. The van der Waals surface area contributed by atoms with E-state index in [-0.39, 0.29) is 18.1 Å². The zero-order valence-electron chi connectivity index (χ0n) is 19.9. The molecule has 1 fully saturated rings. The number of alkyl halides is 7. The molecule has 1 aromatic rings. The normalized spacial score (nSPS) is 29.3. The lowest BCUT2D eigenvalue weighted by Crippen LogP contribution is -2.50.